The van der Waals surface area contributed by atoms with Crippen LogP contribution in [0.15, 0.2) is 48.5 Å². The van der Waals surface area contributed by atoms with Gasteiger partial charge in [-0.2, -0.15) is 0 Å². The van der Waals surface area contributed by atoms with Crippen molar-refractivity contribution in [3.8, 4) is 5.75 Å². The number of anilines is 4. The molecule has 3 rings (SSSR count). The first kappa shape index (κ1) is 20.1. The molecule has 0 atom stereocenters. The zero-order valence-corrected chi connectivity index (χ0v) is 16.9. The van der Waals surface area contributed by atoms with E-state index in [-0.39, 0.29) is 5.97 Å². The Kier molecular flexibility index (Phi) is 6.29. The fourth-order valence-electron chi connectivity index (χ4n) is 2.81. The summed E-state index contributed by atoms with van der Waals surface area (Å²) >= 11 is 0. The smallest absolute Gasteiger partial charge is 0.338 e. The number of ether oxygens (including phenoxy) is 2. The Labute approximate surface area is 170 Å². The van der Waals surface area contributed by atoms with E-state index < -0.39 is 0 Å². The standard InChI is InChI=1S/C22H24N4O3/c1-5-29-22(27)16-7-9-17(10-8-16)25-20-13-21(24-15(3)23-20)26-18-12-14(2)6-11-19(18)28-4/h6-13H,5H2,1-4H3,(H2,23,24,25,26). The van der Waals surface area contributed by atoms with Crippen LogP contribution in [-0.2, 0) is 4.74 Å². The van der Waals surface area contributed by atoms with E-state index in [4.69, 9.17) is 9.47 Å². The van der Waals surface area contributed by atoms with E-state index >= 15 is 0 Å². The number of esters is 1. The van der Waals surface area contributed by atoms with E-state index in [9.17, 15) is 4.79 Å². The molecule has 2 N–H and O–H groups in total. The Morgan fingerprint density at radius 3 is 2.31 bits per heavy atom. The third-order valence-electron chi connectivity index (χ3n) is 4.12. The molecule has 7 heteroatoms. The fraction of sp³-hybridized carbons (Fsp3) is 0.227. The highest BCUT2D eigenvalue weighted by atomic mass is 16.5. The number of aromatic nitrogens is 2. The third-order valence-corrected chi connectivity index (χ3v) is 4.12. The van der Waals surface area contributed by atoms with Gasteiger partial charge in [0, 0.05) is 11.8 Å². The van der Waals surface area contributed by atoms with Gasteiger partial charge >= 0.3 is 5.97 Å². The predicted octanol–water partition coefficient (Wildman–Crippen LogP) is 4.77. The quantitative estimate of drug-likeness (QED) is 0.560. The molecule has 0 fully saturated rings. The lowest BCUT2D eigenvalue weighted by Gasteiger charge is -2.13. The molecular weight excluding hydrogens is 368 g/mol. The summed E-state index contributed by atoms with van der Waals surface area (Å²) < 4.78 is 10.4. The summed E-state index contributed by atoms with van der Waals surface area (Å²) in [5, 5.41) is 6.53. The molecule has 0 radical (unpaired) electrons. The van der Waals surface area contributed by atoms with Crippen molar-refractivity contribution < 1.29 is 14.3 Å². The highest BCUT2D eigenvalue weighted by Crippen LogP contribution is 2.29. The van der Waals surface area contributed by atoms with Crippen molar-refractivity contribution in [2.24, 2.45) is 0 Å². The Hall–Kier alpha value is -3.61. The summed E-state index contributed by atoms with van der Waals surface area (Å²) in [5.74, 6) is 2.29. The predicted molar refractivity (Wildman–Crippen MR) is 113 cm³/mol. The molecule has 1 heterocycles. The summed E-state index contributed by atoms with van der Waals surface area (Å²) in [6, 6.07) is 14.8. The first-order chi connectivity index (χ1) is 14.0. The van der Waals surface area contributed by atoms with Crippen LogP contribution in [0.4, 0.5) is 23.0 Å². The van der Waals surface area contributed by atoms with Gasteiger partial charge in [-0.15, -0.1) is 0 Å². The highest BCUT2D eigenvalue weighted by Gasteiger charge is 2.09. The maximum Gasteiger partial charge on any atom is 0.338 e. The van der Waals surface area contributed by atoms with Crippen LogP contribution in [0.5, 0.6) is 5.75 Å². The number of benzene rings is 2. The van der Waals surface area contributed by atoms with E-state index in [0.29, 0.717) is 29.6 Å². The Balaban J connectivity index is 1.79. The van der Waals surface area contributed by atoms with Crippen molar-refractivity contribution in [1.82, 2.24) is 9.97 Å². The summed E-state index contributed by atoms with van der Waals surface area (Å²) in [4.78, 5) is 20.7. The lowest BCUT2D eigenvalue weighted by Crippen LogP contribution is -2.05. The minimum absolute atomic E-state index is 0.337. The van der Waals surface area contributed by atoms with Gasteiger partial charge in [0.15, 0.2) is 0 Å². The van der Waals surface area contributed by atoms with Gasteiger partial charge in [-0.1, -0.05) is 6.07 Å². The number of nitrogens with zero attached hydrogens (tertiary/aromatic N) is 2. The van der Waals surface area contributed by atoms with Crippen molar-refractivity contribution in [3.63, 3.8) is 0 Å². The maximum absolute atomic E-state index is 11.8. The zero-order chi connectivity index (χ0) is 20.8. The van der Waals surface area contributed by atoms with Gasteiger partial charge in [-0.3, -0.25) is 0 Å². The summed E-state index contributed by atoms with van der Waals surface area (Å²) in [6.07, 6.45) is 0. The maximum atomic E-state index is 11.8. The van der Waals surface area contributed by atoms with Crippen LogP contribution in [0.2, 0.25) is 0 Å². The van der Waals surface area contributed by atoms with Crippen molar-refractivity contribution in [3.05, 3.63) is 65.5 Å². The summed E-state index contributed by atoms with van der Waals surface area (Å²) in [5.41, 5.74) is 3.25. The van der Waals surface area contributed by atoms with Crippen molar-refractivity contribution in [2.45, 2.75) is 20.8 Å². The van der Waals surface area contributed by atoms with Gasteiger partial charge in [0.25, 0.3) is 0 Å². The number of rotatable bonds is 7. The van der Waals surface area contributed by atoms with Crippen LogP contribution >= 0.6 is 0 Å². The molecule has 1 aromatic heterocycles. The number of hydrogen-bond acceptors (Lipinski definition) is 7. The van der Waals surface area contributed by atoms with Crippen LogP contribution in [0.3, 0.4) is 0 Å². The van der Waals surface area contributed by atoms with Gasteiger partial charge in [0.1, 0.15) is 23.2 Å². The number of nitrogens with one attached hydrogen (secondary N) is 2. The second-order valence-corrected chi connectivity index (χ2v) is 6.44. The molecule has 0 spiro atoms. The number of carbonyl (C=O) groups excluding carboxylic acids is 1. The van der Waals surface area contributed by atoms with E-state index in [1.54, 1.807) is 38.3 Å². The normalized spacial score (nSPS) is 10.3. The molecule has 0 amide bonds. The Morgan fingerprint density at radius 1 is 0.966 bits per heavy atom. The molecule has 0 bridgehead atoms. The number of aryl methyl sites for hydroxylation is 2. The third kappa shape index (κ3) is 5.22. The minimum atomic E-state index is -0.337. The molecule has 0 unspecified atom stereocenters. The average Bonchev–Trinajstić information content (AvgIpc) is 2.68. The summed E-state index contributed by atoms with van der Waals surface area (Å²) in [7, 11) is 1.63. The lowest BCUT2D eigenvalue weighted by atomic mass is 10.2. The van der Waals surface area contributed by atoms with Crippen LogP contribution in [0, 0.1) is 13.8 Å². The van der Waals surface area contributed by atoms with E-state index in [1.807, 2.05) is 38.1 Å². The molecule has 0 aliphatic rings. The Morgan fingerprint density at radius 2 is 1.66 bits per heavy atom. The number of hydrogen-bond donors (Lipinski definition) is 2. The second kappa shape index (κ2) is 9.05. The molecule has 0 saturated heterocycles. The van der Waals surface area contributed by atoms with Crippen LogP contribution in [0.25, 0.3) is 0 Å². The molecule has 7 nitrogen and oxygen atoms in total. The fourth-order valence-corrected chi connectivity index (χ4v) is 2.81. The van der Waals surface area contributed by atoms with Crippen molar-refractivity contribution >= 4 is 29.0 Å². The van der Waals surface area contributed by atoms with E-state index in [0.717, 1.165) is 22.7 Å². The molecule has 29 heavy (non-hydrogen) atoms. The number of carbonyl (C=O) groups is 1. The van der Waals surface area contributed by atoms with Gasteiger partial charge in [0.2, 0.25) is 0 Å². The summed E-state index contributed by atoms with van der Waals surface area (Å²) in [6.45, 7) is 5.97. The number of methoxy groups -OCH3 is 1. The molecule has 2 aromatic carbocycles. The van der Waals surface area contributed by atoms with Crippen LogP contribution in [-0.4, -0.2) is 29.7 Å². The Bertz CT molecular complexity index is 1000. The molecule has 0 aliphatic carbocycles. The minimum Gasteiger partial charge on any atom is -0.495 e. The zero-order valence-electron chi connectivity index (χ0n) is 16.9. The molecular formula is C22H24N4O3. The van der Waals surface area contributed by atoms with Gasteiger partial charge in [0.05, 0.1) is 25.0 Å². The van der Waals surface area contributed by atoms with E-state index in [2.05, 4.69) is 20.6 Å². The van der Waals surface area contributed by atoms with Crippen LogP contribution in [0.1, 0.15) is 28.7 Å². The van der Waals surface area contributed by atoms with Crippen LogP contribution < -0.4 is 15.4 Å². The monoisotopic (exact) mass is 392 g/mol. The second-order valence-electron chi connectivity index (χ2n) is 6.44. The topological polar surface area (TPSA) is 85.4 Å². The van der Waals surface area contributed by atoms with Gasteiger partial charge in [-0.05, 0) is 62.7 Å². The lowest BCUT2D eigenvalue weighted by molar-refractivity contribution is 0.0526. The molecule has 150 valence electrons. The van der Waals surface area contributed by atoms with E-state index in [1.165, 1.54) is 0 Å². The first-order valence-corrected chi connectivity index (χ1v) is 9.30. The molecule has 0 saturated carbocycles. The highest BCUT2D eigenvalue weighted by molar-refractivity contribution is 5.89. The average molecular weight is 392 g/mol. The molecule has 0 aliphatic heterocycles. The molecule has 3 aromatic rings. The van der Waals surface area contributed by atoms with Gasteiger partial charge < -0.3 is 20.1 Å². The van der Waals surface area contributed by atoms with Crippen molar-refractivity contribution in [1.29, 1.82) is 0 Å². The SMILES string of the molecule is CCOC(=O)c1ccc(Nc2cc(Nc3cc(C)ccc3OC)nc(C)n2)cc1. The van der Waals surface area contributed by atoms with Crippen molar-refractivity contribution in [2.75, 3.05) is 24.4 Å². The van der Waals surface area contributed by atoms with Gasteiger partial charge in [-0.25, -0.2) is 14.8 Å². The first-order valence-electron chi connectivity index (χ1n) is 9.30. The largest absolute Gasteiger partial charge is 0.495 e.